The monoisotopic (exact) mass is 596 g/mol. The highest BCUT2D eigenvalue weighted by Gasteiger charge is 2.51. The average Bonchev–Trinajstić information content (AvgIpc) is 3.02. The summed E-state index contributed by atoms with van der Waals surface area (Å²) in [5.74, 6) is 0. The van der Waals surface area contributed by atoms with Crippen LogP contribution in [0.1, 0.15) is 58.1 Å². The van der Waals surface area contributed by atoms with E-state index in [0.29, 0.717) is 32.5 Å². The van der Waals surface area contributed by atoms with E-state index in [0.717, 1.165) is 11.1 Å². The molecule has 0 heterocycles. The highest BCUT2D eigenvalue weighted by Crippen LogP contribution is 2.39. The van der Waals surface area contributed by atoms with Gasteiger partial charge in [-0.3, -0.25) is 0 Å². The van der Waals surface area contributed by atoms with Crippen molar-refractivity contribution in [1.29, 1.82) is 0 Å². The van der Waals surface area contributed by atoms with Crippen molar-refractivity contribution in [3.63, 3.8) is 0 Å². The second-order valence-electron chi connectivity index (χ2n) is 12.4. The van der Waals surface area contributed by atoms with Crippen LogP contribution in [0.4, 0.5) is 0 Å². The van der Waals surface area contributed by atoms with Crippen molar-refractivity contribution in [1.82, 2.24) is 0 Å². The Morgan fingerprint density at radius 1 is 0.605 bits per heavy atom. The van der Waals surface area contributed by atoms with Crippen LogP contribution in [0.3, 0.4) is 0 Å². The Morgan fingerprint density at radius 3 is 1.49 bits per heavy atom. The molecule has 3 atom stereocenters. The van der Waals surface area contributed by atoms with Crippen LogP contribution in [-0.2, 0) is 27.1 Å². The molecule has 0 spiro atoms. The first-order valence-corrected chi connectivity index (χ1v) is 17.4. The van der Waals surface area contributed by atoms with Gasteiger partial charge in [0, 0.05) is 6.61 Å². The lowest BCUT2D eigenvalue weighted by atomic mass is 10.0. The Morgan fingerprint density at radius 2 is 1.05 bits per heavy atom. The van der Waals surface area contributed by atoms with Crippen LogP contribution in [-0.4, -0.2) is 38.3 Å². The zero-order chi connectivity index (χ0) is 30.5. The first kappa shape index (κ1) is 32.8. The predicted molar refractivity (Wildman–Crippen MR) is 179 cm³/mol. The molecule has 43 heavy (non-hydrogen) atoms. The third-order valence-corrected chi connectivity index (χ3v) is 13.1. The summed E-state index contributed by atoms with van der Waals surface area (Å²) in [7, 11) is -2.82. The summed E-state index contributed by atoms with van der Waals surface area (Å²) in [5, 5.41) is 12.4. The first-order valence-electron chi connectivity index (χ1n) is 15.5. The second kappa shape index (κ2) is 16.1. The first-order chi connectivity index (χ1) is 20.8. The van der Waals surface area contributed by atoms with Crippen molar-refractivity contribution >= 4 is 18.7 Å². The number of ether oxygens (including phenoxy) is 2. The van der Waals surface area contributed by atoms with Crippen LogP contribution in [0.2, 0.25) is 5.04 Å². The molecule has 4 nitrogen and oxygen atoms in total. The smallest absolute Gasteiger partial charge is 0.261 e. The molecular formula is C38H48O4Si. The van der Waals surface area contributed by atoms with E-state index in [1.165, 1.54) is 10.4 Å². The largest absolute Gasteiger partial charge is 0.404 e. The van der Waals surface area contributed by atoms with E-state index in [1.54, 1.807) is 0 Å². The number of hydrogen-bond acceptors (Lipinski definition) is 4. The van der Waals surface area contributed by atoms with Crippen LogP contribution in [0.15, 0.2) is 121 Å². The lowest BCUT2D eigenvalue weighted by molar-refractivity contribution is -0.0257. The molecule has 0 bridgehead atoms. The molecule has 0 aliphatic carbocycles. The number of rotatable bonds is 16. The topological polar surface area (TPSA) is 47.9 Å². The molecule has 0 saturated heterocycles. The van der Waals surface area contributed by atoms with Gasteiger partial charge in [0.05, 0.1) is 31.5 Å². The molecule has 0 unspecified atom stereocenters. The third-order valence-electron chi connectivity index (χ3n) is 8.04. The molecule has 0 aliphatic heterocycles. The van der Waals surface area contributed by atoms with E-state index in [9.17, 15) is 5.11 Å². The molecule has 0 saturated carbocycles. The summed E-state index contributed by atoms with van der Waals surface area (Å²) < 4.78 is 20.5. The van der Waals surface area contributed by atoms with Crippen LogP contribution < -0.4 is 10.4 Å². The lowest BCUT2D eigenvalue weighted by Gasteiger charge is -2.46. The number of benzene rings is 4. The van der Waals surface area contributed by atoms with Gasteiger partial charge in [-0.15, -0.1) is 0 Å². The lowest BCUT2D eigenvalue weighted by Crippen LogP contribution is -2.68. The second-order valence-corrected chi connectivity index (χ2v) is 16.7. The SMILES string of the molecule is C[C@H](C[C@@H](C[C@H](CCO)OCc1ccccc1)O[Si](c1ccccc1)(c1ccccc1)C(C)(C)C)OCc1ccccc1. The Labute approximate surface area is 259 Å². The summed E-state index contributed by atoms with van der Waals surface area (Å²) in [6, 6.07) is 42.1. The Kier molecular flexibility index (Phi) is 12.3. The maximum Gasteiger partial charge on any atom is 0.261 e. The zero-order valence-electron chi connectivity index (χ0n) is 26.2. The van der Waals surface area contributed by atoms with Gasteiger partial charge in [-0.2, -0.15) is 0 Å². The summed E-state index contributed by atoms with van der Waals surface area (Å²) in [6.45, 7) is 10.2. The van der Waals surface area contributed by atoms with Crippen molar-refractivity contribution in [2.45, 2.75) is 83.5 Å². The van der Waals surface area contributed by atoms with Crippen molar-refractivity contribution in [2.75, 3.05) is 6.61 Å². The normalized spacial score (nSPS) is 14.3. The van der Waals surface area contributed by atoms with Crippen LogP contribution in [0, 0.1) is 0 Å². The van der Waals surface area contributed by atoms with Crippen LogP contribution in [0.25, 0.3) is 0 Å². The molecule has 4 aromatic rings. The molecule has 0 amide bonds. The molecule has 0 aromatic heterocycles. The van der Waals surface area contributed by atoms with E-state index in [1.807, 2.05) is 36.4 Å². The van der Waals surface area contributed by atoms with E-state index >= 15 is 0 Å². The van der Waals surface area contributed by atoms with Crippen molar-refractivity contribution in [3.8, 4) is 0 Å². The van der Waals surface area contributed by atoms with Gasteiger partial charge < -0.3 is 19.0 Å². The quantitative estimate of drug-likeness (QED) is 0.138. The average molecular weight is 597 g/mol. The third kappa shape index (κ3) is 9.21. The standard InChI is InChI=1S/C38H48O4Si/c1-31(40-29-32-17-9-5-10-18-32)27-35(28-34(25-26-39)41-30-33-19-11-6-12-20-33)42-43(38(2,3)4,36-21-13-7-14-22-36)37-23-15-8-16-24-37/h5-24,31,34-35,39H,25-30H2,1-4H3/t31-,34+,35+/m1/s1. The Balaban J connectivity index is 1.67. The maximum absolute atomic E-state index is 10.0. The number of hydrogen-bond donors (Lipinski definition) is 1. The van der Waals surface area contributed by atoms with Gasteiger partial charge in [0.1, 0.15) is 0 Å². The Hall–Kier alpha value is -3.06. The zero-order valence-corrected chi connectivity index (χ0v) is 27.2. The van der Waals surface area contributed by atoms with Gasteiger partial charge in [-0.25, -0.2) is 0 Å². The van der Waals surface area contributed by atoms with E-state index in [-0.39, 0.29) is 30.0 Å². The van der Waals surface area contributed by atoms with Gasteiger partial charge in [-0.05, 0) is 52.7 Å². The van der Waals surface area contributed by atoms with Crippen molar-refractivity contribution < 1.29 is 19.0 Å². The van der Waals surface area contributed by atoms with Gasteiger partial charge in [0.25, 0.3) is 8.32 Å². The van der Waals surface area contributed by atoms with Crippen molar-refractivity contribution in [2.24, 2.45) is 0 Å². The van der Waals surface area contributed by atoms with Gasteiger partial charge in [-0.1, -0.05) is 142 Å². The van der Waals surface area contributed by atoms with Gasteiger partial charge in [0.15, 0.2) is 0 Å². The molecule has 4 rings (SSSR count). The van der Waals surface area contributed by atoms with Gasteiger partial charge in [0.2, 0.25) is 0 Å². The minimum atomic E-state index is -2.82. The number of aliphatic hydroxyl groups is 1. The van der Waals surface area contributed by atoms with E-state index in [2.05, 4.69) is 113 Å². The van der Waals surface area contributed by atoms with E-state index in [4.69, 9.17) is 13.9 Å². The fraction of sp³-hybridized carbons (Fsp3) is 0.368. The molecule has 1 N–H and O–H groups in total. The van der Waals surface area contributed by atoms with Crippen LogP contribution >= 0.6 is 0 Å². The highest BCUT2D eigenvalue weighted by atomic mass is 28.4. The minimum Gasteiger partial charge on any atom is -0.404 e. The van der Waals surface area contributed by atoms with Crippen LogP contribution in [0.5, 0.6) is 0 Å². The minimum absolute atomic E-state index is 0.0349. The predicted octanol–water partition coefficient (Wildman–Crippen LogP) is 7.28. The molecule has 0 aliphatic rings. The summed E-state index contributed by atoms with van der Waals surface area (Å²) in [4.78, 5) is 0. The molecule has 0 radical (unpaired) electrons. The summed E-state index contributed by atoms with van der Waals surface area (Å²) in [6.07, 6.45) is 1.59. The highest BCUT2D eigenvalue weighted by molar-refractivity contribution is 6.99. The fourth-order valence-corrected chi connectivity index (χ4v) is 10.6. The number of aliphatic hydroxyl groups excluding tert-OH is 1. The molecular weight excluding hydrogens is 549 g/mol. The molecule has 0 fully saturated rings. The fourth-order valence-electron chi connectivity index (χ4n) is 5.88. The Bertz CT molecular complexity index is 1270. The molecule has 4 aromatic carbocycles. The summed E-state index contributed by atoms with van der Waals surface area (Å²) >= 11 is 0. The molecule has 228 valence electrons. The summed E-state index contributed by atoms with van der Waals surface area (Å²) in [5.41, 5.74) is 2.28. The van der Waals surface area contributed by atoms with E-state index < -0.39 is 8.32 Å². The maximum atomic E-state index is 10.0. The molecule has 5 heteroatoms. The van der Waals surface area contributed by atoms with Crippen molar-refractivity contribution in [3.05, 3.63) is 132 Å². The van der Waals surface area contributed by atoms with Gasteiger partial charge >= 0.3 is 0 Å².